The van der Waals surface area contributed by atoms with Gasteiger partial charge in [0.2, 0.25) is 0 Å². The van der Waals surface area contributed by atoms with Crippen molar-refractivity contribution in [1.82, 2.24) is 15.3 Å². The molecule has 5 nitrogen and oxygen atoms in total. The summed E-state index contributed by atoms with van der Waals surface area (Å²) in [5, 5.41) is 3.67. The topological polar surface area (TPSA) is 72.0 Å². The number of nitrogens with one attached hydrogen (secondary N) is 1. The number of carbonyl (C=O) groups is 1. The minimum atomic E-state index is -1.50. The number of aromatic nitrogens is 2. The molecule has 2 aromatic heterocycles. The van der Waals surface area contributed by atoms with E-state index in [4.69, 9.17) is 0 Å². The Morgan fingerprint density at radius 1 is 1.23 bits per heavy atom. The highest BCUT2D eigenvalue weighted by molar-refractivity contribution is 7.85. The molecule has 1 atom stereocenters. The monoisotopic (exact) mass is 391 g/mol. The van der Waals surface area contributed by atoms with Crippen LogP contribution in [0.4, 0.5) is 4.39 Å². The lowest BCUT2D eigenvalue weighted by Gasteiger charge is -2.06. The molecule has 1 N–H and O–H groups in total. The number of rotatable bonds is 5. The molecular weight excluding hydrogens is 373 g/mol. The van der Waals surface area contributed by atoms with Gasteiger partial charge in [-0.15, -0.1) is 11.3 Å². The number of amides is 1. The Morgan fingerprint density at radius 3 is 2.69 bits per heavy atom. The molecule has 0 unspecified atom stereocenters. The Bertz CT molecular complexity index is 1020. The van der Waals surface area contributed by atoms with Crippen molar-refractivity contribution in [1.29, 1.82) is 0 Å². The summed E-state index contributed by atoms with van der Waals surface area (Å²) in [7, 11) is -1.50. The third-order valence-electron chi connectivity index (χ3n) is 3.94. The Labute approximate surface area is 157 Å². The van der Waals surface area contributed by atoms with Crippen LogP contribution in [0.5, 0.6) is 0 Å². The first-order chi connectivity index (χ1) is 12.4. The minimum absolute atomic E-state index is 0.147. The zero-order valence-electron chi connectivity index (χ0n) is 14.6. The first kappa shape index (κ1) is 18.6. The molecule has 3 rings (SSSR count). The lowest BCUT2D eigenvalue weighted by Crippen LogP contribution is -2.27. The first-order valence-corrected chi connectivity index (χ1v) is 10.2. The van der Waals surface area contributed by atoms with Gasteiger partial charge in [0.25, 0.3) is 5.91 Å². The lowest BCUT2D eigenvalue weighted by molar-refractivity contribution is 0.0959. The van der Waals surface area contributed by atoms with Gasteiger partial charge in [0.1, 0.15) is 16.5 Å². The van der Waals surface area contributed by atoms with E-state index in [2.05, 4.69) is 15.3 Å². The Kier molecular flexibility index (Phi) is 5.43. The predicted molar refractivity (Wildman–Crippen MR) is 102 cm³/mol. The van der Waals surface area contributed by atoms with Gasteiger partial charge in [0.15, 0.2) is 0 Å². The number of nitrogens with zero attached hydrogens (tertiary/aromatic N) is 2. The Balaban J connectivity index is 1.70. The van der Waals surface area contributed by atoms with Gasteiger partial charge in [-0.05, 0) is 38.5 Å². The maximum absolute atomic E-state index is 13.6. The van der Waals surface area contributed by atoms with E-state index < -0.39 is 16.6 Å². The predicted octanol–water partition coefficient (Wildman–Crippen LogP) is 3.29. The summed E-state index contributed by atoms with van der Waals surface area (Å²) in [5.74, 6) is 0.0766. The summed E-state index contributed by atoms with van der Waals surface area (Å²) in [6.45, 7) is 5.78. The molecule has 3 aromatic rings. The lowest BCUT2D eigenvalue weighted by atomic mass is 10.1. The average molecular weight is 391 g/mol. The SMILES string of the molecule is Cc1nc(C)c2c(C)c(C(=O)NCC[S@@](=O)c3ccccc3F)sc2n1. The molecular formula is C18H18FN3O2S2. The Hall–Kier alpha value is -2.19. The van der Waals surface area contributed by atoms with E-state index in [-0.39, 0.29) is 23.1 Å². The summed E-state index contributed by atoms with van der Waals surface area (Å²) < 4.78 is 25.8. The molecule has 0 spiro atoms. The highest BCUT2D eigenvalue weighted by Gasteiger charge is 2.19. The normalized spacial score (nSPS) is 12.3. The molecule has 1 amide bonds. The van der Waals surface area contributed by atoms with Crippen LogP contribution in [-0.4, -0.2) is 32.4 Å². The van der Waals surface area contributed by atoms with Crippen LogP contribution in [-0.2, 0) is 10.8 Å². The largest absolute Gasteiger partial charge is 0.350 e. The number of thiophene rings is 1. The number of hydrogen-bond donors (Lipinski definition) is 1. The van der Waals surface area contributed by atoms with Crippen molar-refractivity contribution in [2.75, 3.05) is 12.3 Å². The smallest absolute Gasteiger partial charge is 0.261 e. The van der Waals surface area contributed by atoms with Crippen LogP contribution < -0.4 is 5.32 Å². The van der Waals surface area contributed by atoms with Gasteiger partial charge >= 0.3 is 0 Å². The second-order valence-corrected chi connectivity index (χ2v) is 8.37. The van der Waals surface area contributed by atoms with Gasteiger partial charge in [-0.2, -0.15) is 0 Å². The van der Waals surface area contributed by atoms with Crippen molar-refractivity contribution in [3.05, 3.63) is 52.0 Å². The summed E-state index contributed by atoms with van der Waals surface area (Å²) in [6.07, 6.45) is 0. The third kappa shape index (κ3) is 3.66. The minimum Gasteiger partial charge on any atom is -0.350 e. The van der Waals surface area contributed by atoms with Gasteiger partial charge in [-0.25, -0.2) is 14.4 Å². The fraction of sp³-hybridized carbons (Fsp3) is 0.278. The molecule has 0 bridgehead atoms. The van der Waals surface area contributed by atoms with Crippen molar-refractivity contribution in [3.63, 3.8) is 0 Å². The molecule has 136 valence electrons. The summed E-state index contributed by atoms with van der Waals surface area (Å²) in [4.78, 5) is 22.7. The number of carbonyl (C=O) groups excluding carboxylic acids is 1. The van der Waals surface area contributed by atoms with Crippen LogP contribution in [0, 0.1) is 26.6 Å². The number of aryl methyl sites for hydroxylation is 3. The molecule has 0 saturated heterocycles. The fourth-order valence-electron chi connectivity index (χ4n) is 2.77. The number of fused-ring (bicyclic) bond motifs is 1. The second-order valence-electron chi connectivity index (χ2n) is 5.83. The zero-order chi connectivity index (χ0) is 18.8. The molecule has 0 fully saturated rings. The van der Waals surface area contributed by atoms with Gasteiger partial charge in [-0.3, -0.25) is 9.00 Å². The zero-order valence-corrected chi connectivity index (χ0v) is 16.3. The second kappa shape index (κ2) is 7.59. The average Bonchev–Trinajstić information content (AvgIpc) is 2.91. The van der Waals surface area contributed by atoms with E-state index in [0.717, 1.165) is 21.5 Å². The van der Waals surface area contributed by atoms with Crippen molar-refractivity contribution < 1.29 is 13.4 Å². The number of hydrogen-bond acceptors (Lipinski definition) is 5. The maximum atomic E-state index is 13.6. The highest BCUT2D eigenvalue weighted by Crippen LogP contribution is 2.31. The molecule has 0 aliphatic rings. The quantitative estimate of drug-likeness (QED) is 0.724. The number of halogens is 1. The van der Waals surface area contributed by atoms with Gasteiger partial charge in [0.05, 0.1) is 20.6 Å². The van der Waals surface area contributed by atoms with Gasteiger partial charge < -0.3 is 5.32 Å². The van der Waals surface area contributed by atoms with Crippen LogP contribution >= 0.6 is 11.3 Å². The van der Waals surface area contributed by atoms with Crippen molar-refractivity contribution in [2.24, 2.45) is 0 Å². The van der Waals surface area contributed by atoms with Gasteiger partial charge in [0, 0.05) is 23.4 Å². The van der Waals surface area contributed by atoms with E-state index in [1.54, 1.807) is 12.1 Å². The summed E-state index contributed by atoms with van der Waals surface area (Å²) in [5.41, 5.74) is 1.69. The molecule has 0 aliphatic carbocycles. The van der Waals surface area contributed by atoms with Gasteiger partial charge in [-0.1, -0.05) is 12.1 Å². The van der Waals surface area contributed by atoms with Crippen molar-refractivity contribution >= 4 is 38.3 Å². The van der Waals surface area contributed by atoms with E-state index >= 15 is 0 Å². The van der Waals surface area contributed by atoms with Crippen LogP contribution in [0.15, 0.2) is 29.2 Å². The summed E-state index contributed by atoms with van der Waals surface area (Å²) in [6, 6.07) is 5.96. The molecule has 2 heterocycles. The molecule has 0 aliphatic heterocycles. The van der Waals surface area contributed by atoms with E-state index in [0.29, 0.717) is 10.7 Å². The van der Waals surface area contributed by atoms with Crippen molar-refractivity contribution in [3.8, 4) is 0 Å². The van der Waals surface area contributed by atoms with Crippen LogP contribution in [0.1, 0.15) is 26.8 Å². The molecule has 0 radical (unpaired) electrons. The Morgan fingerprint density at radius 2 is 1.96 bits per heavy atom. The van der Waals surface area contributed by atoms with E-state index in [1.807, 2.05) is 20.8 Å². The van der Waals surface area contributed by atoms with E-state index in [9.17, 15) is 13.4 Å². The highest BCUT2D eigenvalue weighted by atomic mass is 32.2. The fourth-order valence-corrected chi connectivity index (χ4v) is 4.98. The molecule has 0 saturated carbocycles. The van der Waals surface area contributed by atoms with Crippen LogP contribution in [0.25, 0.3) is 10.2 Å². The molecule has 8 heteroatoms. The maximum Gasteiger partial charge on any atom is 0.261 e. The molecule has 1 aromatic carbocycles. The number of benzene rings is 1. The van der Waals surface area contributed by atoms with Crippen LogP contribution in [0.2, 0.25) is 0 Å². The standard InChI is InChI=1S/C18H18FN3O2S2/c1-10-15-11(2)21-12(3)22-18(15)25-16(10)17(23)20-8-9-26(24)14-7-5-4-6-13(14)19/h4-7H,8-9H2,1-3H3,(H,20,23)/t26-/m1/s1. The van der Waals surface area contributed by atoms with Crippen LogP contribution in [0.3, 0.4) is 0 Å². The van der Waals surface area contributed by atoms with Crippen molar-refractivity contribution in [2.45, 2.75) is 25.7 Å². The summed E-state index contributed by atoms with van der Waals surface area (Å²) >= 11 is 1.32. The third-order valence-corrected chi connectivity index (χ3v) is 6.53. The molecule has 26 heavy (non-hydrogen) atoms. The van der Waals surface area contributed by atoms with E-state index in [1.165, 1.54) is 23.5 Å². The first-order valence-electron chi connectivity index (χ1n) is 8.04.